The van der Waals surface area contributed by atoms with E-state index in [1.165, 1.54) is 0 Å². The molecule has 0 amide bonds. The topological polar surface area (TPSA) is 56.2 Å². The maximum absolute atomic E-state index is 13.2. The second-order valence-corrected chi connectivity index (χ2v) is 7.02. The first kappa shape index (κ1) is 23.2. The van der Waals surface area contributed by atoms with Gasteiger partial charge in [-0.15, -0.1) is 24.8 Å². The molecular weight excluding hydrogens is 409 g/mol. The largest absolute Gasteiger partial charge is 0.489 e. The Labute approximate surface area is 183 Å². The number of rotatable bonds is 6. The monoisotopic (exact) mass is 435 g/mol. The van der Waals surface area contributed by atoms with Crippen molar-refractivity contribution >= 4 is 35.7 Å². The van der Waals surface area contributed by atoms with E-state index in [1.54, 1.807) is 4.57 Å². The van der Waals surface area contributed by atoms with Crippen molar-refractivity contribution in [3.63, 3.8) is 0 Å². The lowest BCUT2D eigenvalue weighted by molar-refractivity contribution is 0.223. The van der Waals surface area contributed by atoms with Gasteiger partial charge in [0, 0.05) is 13.0 Å². The van der Waals surface area contributed by atoms with Gasteiger partial charge in [0.2, 0.25) is 0 Å². The molecule has 1 aliphatic heterocycles. The van der Waals surface area contributed by atoms with Crippen LogP contribution in [0.3, 0.4) is 0 Å². The number of ether oxygens (including phenoxy) is 1. The highest BCUT2D eigenvalue weighted by atomic mass is 35.5. The van der Waals surface area contributed by atoms with Crippen molar-refractivity contribution in [3.8, 4) is 11.4 Å². The average Bonchev–Trinajstić information content (AvgIpc) is 3.20. The third-order valence-electron chi connectivity index (χ3n) is 5.01. The quantitative estimate of drug-likeness (QED) is 0.626. The van der Waals surface area contributed by atoms with Gasteiger partial charge in [-0.25, -0.2) is 4.98 Å². The van der Waals surface area contributed by atoms with Crippen molar-refractivity contribution in [1.29, 1.82) is 0 Å². The average molecular weight is 436 g/mol. The summed E-state index contributed by atoms with van der Waals surface area (Å²) in [5, 5.41) is 3.95. The molecule has 0 bridgehead atoms. The van der Waals surface area contributed by atoms with Crippen LogP contribution in [0.4, 0.5) is 0 Å². The normalized spacial score (nSPS) is 15.6. The van der Waals surface area contributed by atoms with Crippen molar-refractivity contribution in [3.05, 3.63) is 64.7 Å². The van der Waals surface area contributed by atoms with Gasteiger partial charge in [-0.05, 0) is 55.8 Å². The van der Waals surface area contributed by atoms with E-state index >= 15 is 0 Å². The predicted octanol–water partition coefficient (Wildman–Crippen LogP) is 4.31. The zero-order valence-electron chi connectivity index (χ0n) is 16.5. The van der Waals surface area contributed by atoms with E-state index in [4.69, 9.17) is 9.72 Å². The molecule has 156 valence electrons. The molecule has 1 saturated heterocycles. The smallest absolute Gasteiger partial charge is 0.265 e. The molecule has 0 aliphatic carbocycles. The van der Waals surface area contributed by atoms with E-state index in [2.05, 4.69) is 12.2 Å². The zero-order valence-corrected chi connectivity index (χ0v) is 18.1. The molecule has 7 heteroatoms. The van der Waals surface area contributed by atoms with Crippen molar-refractivity contribution in [2.75, 3.05) is 13.1 Å². The number of para-hydroxylation sites is 1. The molecule has 1 fully saturated rings. The molecule has 5 nitrogen and oxygen atoms in total. The SMILES string of the molecule is CCCCc1nc2ccccc2c(=O)n1-c1ccc(OC2CCNC2)cc1.Cl.Cl. The molecule has 2 aromatic carbocycles. The number of nitrogens with zero attached hydrogens (tertiary/aromatic N) is 2. The van der Waals surface area contributed by atoms with Crippen LogP contribution in [0.2, 0.25) is 0 Å². The van der Waals surface area contributed by atoms with Crippen LogP contribution in [0, 0.1) is 0 Å². The number of aromatic nitrogens is 2. The first-order valence-electron chi connectivity index (χ1n) is 9.74. The van der Waals surface area contributed by atoms with Gasteiger partial charge in [-0.3, -0.25) is 9.36 Å². The van der Waals surface area contributed by atoms with Crippen LogP contribution >= 0.6 is 24.8 Å². The highest BCUT2D eigenvalue weighted by Gasteiger charge is 2.16. The fourth-order valence-corrected chi connectivity index (χ4v) is 3.54. The molecule has 0 spiro atoms. The molecule has 29 heavy (non-hydrogen) atoms. The fourth-order valence-electron chi connectivity index (χ4n) is 3.54. The van der Waals surface area contributed by atoms with Crippen molar-refractivity contribution in [1.82, 2.24) is 14.9 Å². The molecule has 1 aliphatic rings. The highest BCUT2D eigenvalue weighted by Crippen LogP contribution is 2.20. The fraction of sp³-hybridized carbons (Fsp3) is 0.364. The van der Waals surface area contributed by atoms with E-state index in [9.17, 15) is 4.79 Å². The lowest BCUT2D eigenvalue weighted by Gasteiger charge is -2.15. The number of halogens is 2. The van der Waals surface area contributed by atoms with Crippen molar-refractivity contribution in [2.45, 2.75) is 38.7 Å². The van der Waals surface area contributed by atoms with E-state index in [1.807, 2.05) is 48.5 Å². The molecule has 3 aromatic rings. The lowest BCUT2D eigenvalue weighted by atomic mass is 10.2. The molecule has 0 radical (unpaired) electrons. The number of hydrogen-bond acceptors (Lipinski definition) is 4. The van der Waals surface area contributed by atoms with Crippen LogP contribution in [0.25, 0.3) is 16.6 Å². The van der Waals surface area contributed by atoms with Gasteiger partial charge < -0.3 is 10.1 Å². The van der Waals surface area contributed by atoms with Gasteiger partial charge in [0.15, 0.2) is 0 Å². The Bertz CT molecular complexity index is 984. The van der Waals surface area contributed by atoms with Gasteiger partial charge in [0.1, 0.15) is 17.7 Å². The summed E-state index contributed by atoms with van der Waals surface area (Å²) in [6.07, 6.45) is 4.09. The van der Waals surface area contributed by atoms with Crippen LogP contribution in [-0.2, 0) is 6.42 Å². The minimum absolute atomic E-state index is 0. The van der Waals surface area contributed by atoms with E-state index in [0.29, 0.717) is 5.39 Å². The van der Waals surface area contributed by atoms with Crippen LogP contribution in [0.15, 0.2) is 53.3 Å². The van der Waals surface area contributed by atoms with Crippen LogP contribution in [0.1, 0.15) is 32.0 Å². The summed E-state index contributed by atoms with van der Waals surface area (Å²) in [7, 11) is 0. The Kier molecular flexibility index (Phi) is 8.50. The number of aryl methyl sites for hydroxylation is 1. The predicted molar refractivity (Wildman–Crippen MR) is 122 cm³/mol. The lowest BCUT2D eigenvalue weighted by Crippen LogP contribution is -2.24. The third-order valence-corrected chi connectivity index (χ3v) is 5.01. The number of unbranched alkanes of at least 4 members (excludes halogenated alkanes) is 1. The first-order chi connectivity index (χ1) is 13.3. The molecule has 2 heterocycles. The minimum Gasteiger partial charge on any atom is -0.489 e. The summed E-state index contributed by atoms with van der Waals surface area (Å²) in [5.74, 6) is 1.65. The third kappa shape index (κ3) is 5.10. The van der Waals surface area contributed by atoms with Gasteiger partial charge in [0.05, 0.1) is 16.6 Å². The first-order valence-corrected chi connectivity index (χ1v) is 9.74. The number of benzene rings is 2. The standard InChI is InChI=1S/C22H25N3O2.2ClH/c1-2-3-8-21-24-20-7-5-4-6-19(20)22(26)25(21)16-9-11-17(12-10-16)27-18-13-14-23-15-18;;/h4-7,9-12,18,23H,2-3,8,13-15H2,1H3;2*1H. The Morgan fingerprint density at radius 3 is 2.59 bits per heavy atom. The summed E-state index contributed by atoms with van der Waals surface area (Å²) >= 11 is 0. The Hall–Kier alpha value is -2.08. The van der Waals surface area contributed by atoms with Crippen molar-refractivity contribution in [2.24, 2.45) is 0 Å². The minimum atomic E-state index is -0.0136. The number of hydrogen-bond donors (Lipinski definition) is 1. The molecular formula is C22H27Cl2N3O2. The van der Waals surface area contributed by atoms with Gasteiger partial charge in [-0.1, -0.05) is 25.5 Å². The summed E-state index contributed by atoms with van der Waals surface area (Å²) in [5.41, 5.74) is 1.58. The number of fused-ring (bicyclic) bond motifs is 1. The Balaban J connectivity index is 0.00000150. The van der Waals surface area contributed by atoms with Gasteiger partial charge >= 0.3 is 0 Å². The van der Waals surface area contributed by atoms with Gasteiger partial charge in [-0.2, -0.15) is 0 Å². The van der Waals surface area contributed by atoms with Crippen LogP contribution in [-0.4, -0.2) is 28.7 Å². The Morgan fingerprint density at radius 1 is 1.14 bits per heavy atom. The molecule has 1 aromatic heterocycles. The van der Waals surface area contributed by atoms with Crippen LogP contribution in [0.5, 0.6) is 5.75 Å². The highest BCUT2D eigenvalue weighted by molar-refractivity contribution is 5.85. The molecule has 4 rings (SSSR count). The zero-order chi connectivity index (χ0) is 18.6. The van der Waals surface area contributed by atoms with Gasteiger partial charge in [0.25, 0.3) is 5.56 Å². The van der Waals surface area contributed by atoms with E-state index < -0.39 is 0 Å². The van der Waals surface area contributed by atoms with Crippen molar-refractivity contribution < 1.29 is 4.74 Å². The summed E-state index contributed by atoms with van der Waals surface area (Å²) in [4.78, 5) is 17.9. The number of nitrogens with one attached hydrogen (secondary N) is 1. The molecule has 0 saturated carbocycles. The Morgan fingerprint density at radius 2 is 1.90 bits per heavy atom. The summed E-state index contributed by atoms with van der Waals surface area (Å²) < 4.78 is 7.75. The van der Waals surface area contributed by atoms with Crippen LogP contribution < -0.4 is 15.6 Å². The summed E-state index contributed by atoms with van der Waals surface area (Å²) in [6, 6.07) is 15.3. The maximum Gasteiger partial charge on any atom is 0.265 e. The molecule has 1 N–H and O–H groups in total. The maximum atomic E-state index is 13.2. The molecule has 1 unspecified atom stereocenters. The second-order valence-electron chi connectivity index (χ2n) is 7.02. The second kappa shape index (κ2) is 10.6. The summed E-state index contributed by atoms with van der Waals surface area (Å²) in [6.45, 7) is 4.03. The van der Waals surface area contributed by atoms with E-state index in [-0.39, 0.29) is 36.5 Å². The molecule has 1 atom stereocenters. The van der Waals surface area contributed by atoms with E-state index in [0.717, 1.165) is 61.6 Å².